The van der Waals surface area contributed by atoms with Crippen molar-refractivity contribution in [2.45, 2.75) is 13.8 Å². The molecule has 0 radical (unpaired) electrons. The van der Waals surface area contributed by atoms with Crippen LogP contribution in [0.2, 0.25) is 0 Å². The van der Waals surface area contributed by atoms with E-state index in [4.69, 9.17) is 0 Å². The van der Waals surface area contributed by atoms with Crippen LogP contribution in [0.15, 0.2) is 0 Å². The Kier molecular flexibility index (Phi) is 44.2. The summed E-state index contributed by atoms with van der Waals surface area (Å²) >= 11 is 0. The third-order valence-electron chi connectivity index (χ3n) is 0.575. The van der Waals surface area contributed by atoms with Gasteiger partial charge in [-0.3, -0.25) is 9.59 Å². The number of carbonyl (C=O) groups is 2. The predicted molar refractivity (Wildman–Crippen MR) is 61.2 cm³/mol. The van der Waals surface area contributed by atoms with E-state index in [1.807, 2.05) is 0 Å². The van der Waals surface area contributed by atoms with Crippen LogP contribution < -0.4 is 0 Å². The Morgan fingerprint density at radius 1 is 0.625 bits per heavy atom. The zero-order valence-electron chi connectivity index (χ0n) is 11.4. The van der Waals surface area contributed by atoms with Crippen molar-refractivity contribution < 1.29 is 28.5 Å². The predicted octanol–water partition coefficient (Wildman–Crippen LogP) is 0.884. The minimum absolute atomic E-state index is 0.245. The van der Waals surface area contributed by atoms with Crippen LogP contribution in [0.4, 0.5) is 0 Å². The molecule has 16 heavy (non-hydrogen) atoms. The van der Waals surface area contributed by atoms with Crippen LogP contribution in [0, 0.1) is 0 Å². The molecule has 0 rings (SSSR count). The van der Waals surface area contributed by atoms with Crippen molar-refractivity contribution >= 4 is 11.9 Å². The average molecular weight is 240 g/mol. The zero-order valence-corrected chi connectivity index (χ0v) is 11.4. The van der Waals surface area contributed by atoms with Gasteiger partial charge in [-0.15, -0.1) is 0 Å². The maximum Gasteiger partial charge on any atom is 0.302 e. The molecule has 6 heteroatoms. The Balaban J connectivity index is -0.0000000621. The summed E-state index contributed by atoms with van der Waals surface area (Å²) in [6, 6.07) is 0. The van der Waals surface area contributed by atoms with E-state index in [9.17, 15) is 9.59 Å². The van der Waals surface area contributed by atoms with Crippen molar-refractivity contribution in [2.24, 2.45) is 0 Å². The second-order valence-corrected chi connectivity index (χ2v) is 2.21. The maximum atomic E-state index is 9.59. The van der Waals surface area contributed by atoms with Crippen molar-refractivity contribution in [1.29, 1.82) is 0 Å². The van der Waals surface area contributed by atoms with Crippen LogP contribution in [0.3, 0.4) is 0 Å². The quantitative estimate of drug-likeness (QED) is 0.585. The number of carbonyl (C=O) groups excluding carboxylic acids is 2. The van der Waals surface area contributed by atoms with Crippen molar-refractivity contribution in [3.05, 3.63) is 0 Å². The monoisotopic (exact) mass is 240 g/mol. The summed E-state index contributed by atoms with van der Waals surface area (Å²) in [7, 11) is 9.20. The Hall–Kier alpha value is -1.14. The molecule has 0 amide bonds. The maximum absolute atomic E-state index is 9.59. The molecule has 100 valence electrons. The molecule has 0 unspecified atom stereocenters. The van der Waals surface area contributed by atoms with Crippen molar-refractivity contribution in [3.63, 3.8) is 0 Å². The first-order chi connectivity index (χ1) is 7.37. The molecule has 0 aromatic carbocycles. The van der Waals surface area contributed by atoms with Gasteiger partial charge in [0.25, 0.3) is 0 Å². The van der Waals surface area contributed by atoms with Crippen LogP contribution in [0.1, 0.15) is 13.8 Å². The van der Waals surface area contributed by atoms with E-state index >= 15 is 0 Å². The van der Waals surface area contributed by atoms with E-state index in [0.29, 0.717) is 0 Å². The van der Waals surface area contributed by atoms with E-state index in [0.717, 1.165) is 0 Å². The first kappa shape index (κ1) is 24.2. The molecule has 0 aromatic rings. The van der Waals surface area contributed by atoms with Gasteiger partial charge in [-0.05, 0) is 0 Å². The van der Waals surface area contributed by atoms with Gasteiger partial charge in [-0.2, -0.15) is 0 Å². The Bertz CT molecular complexity index is 119. The van der Waals surface area contributed by atoms with E-state index in [-0.39, 0.29) is 11.9 Å². The van der Waals surface area contributed by atoms with Gasteiger partial charge in [0, 0.05) is 42.3 Å². The minimum Gasteiger partial charge on any atom is -0.469 e. The topological polar surface area (TPSA) is 71.1 Å². The molecular weight excluding hydrogens is 216 g/mol. The van der Waals surface area contributed by atoms with E-state index in [2.05, 4.69) is 18.9 Å². The van der Waals surface area contributed by atoms with Gasteiger partial charge in [0.15, 0.2) is 0 Å². The molecule has 0 N–H and O–H groups in total. The van der Waals surface area contributed by atoms with Crippen LogP contribution in [-0.2, 0) is 28.5 Å². The number of methoxy groups -OCH3 is 4. The molecule has 0 aromatic heterocycles. The molecule has 0 aliphatic carbocycles. The lowest BCUT2D eigenvalue weighted by atomic mass is 10.8. The zero-order chi connectivity index (χ0) is 14.0. The molecule has 0 heterocycles. The standard InChI is InChI=1S/2C3H6O2.2C2H6O/c2*1-3(4)5-2;2*1-3-2/h2*1-2H3;2*1-2H3. The summed E-state index contributed by atoms with van der Waals surface area (Å²) in [6.45, 7) is 2.72. The van der Waals surface area contributed by atoms with E-state index in [1.54, 1.807) is 28.4 Å². The third kappa shape index (κ3) is 221. The van der Waals surface area contributed by atoms with E-state index in [1.165, 1.54) is 28.1 Å². The van der Waals surface area contributed by atoms with Crippen LogP contribution in [-0.4, -0.2) is 54.6 Å². The Morgan fingerprint density at radius 3 is 0.688 bits per heavy atom. The first-order valence-corrected chi connectivity index (χ1v) is 4.27. The Labute approximate surface area is 97.8 Å². The van der Waals surface area contributed by atoms with Gasteiger partial charge in [0.05, 0.1) is 14.2 Å². The number of rotatable bonds is 0. The lowest BCUT2D eigenvalue weighted by Gasteiger charge is -1.80. The number of ether oxygens (including phenoxy) is 4. The number of hydrogen-bond donors (Lipinski definition) is 0. The molecule has 0 saturated heterocycles. The van der Waals surface area contributed by atoms with E-state index < -0.39 is 0 Å². The smallest absolute Gasteiger partial charge is 0.302 e. The molecular formula is C10H24O6. The molecule has 0 fully saturated rings. The summed E-state index contributed by atoms with van der Waals surface area (Å²) in [5.74, 6) is -0.491. The average Bonchev–Trinajstić information content (AvgIpc) is 2.21. The minimum atomic E-state index is -0.245. The van der Waals surface area contributed by atoms with Gasteiger partial charge in [-0.25, -0.2) is 0 Å². The van der Waals surface area contributed by atoms with Crippen molar-refractivity contribution in [3.8, 4) is 0 Å². The molecule has 0 aliphatic rings. The van der Waals surface area contributed by atoms with Crippen LogP contribution >= 0.6 is 0 Å². The fourth-order valence-electron chi connectivity index (χ4n) is 0. The van der Waals surface area contributed by atoms with Gasteiger partial charge in [0.1, 0.15) is 0 Å². The molecule has 0 saturated carbocycles. The normalized spacial score (nSPS) is 6.50. The summed E-state index contributed by atoms with van der Waals surface area (Å²) in [5.41, 5.74) is 0. The second kappa shape index (κ2) is 29.2. The third-order valence-corrected chi connectivity index (χ3v) is 0.575. The summed E-state index contributed by atoms with van der Waals surface area (Å²) in [5, 5.41) is 0. The number of esters is 2. The lowest BCUT2D eigenvalue weighted by molar-refractivity contribution is -0.138. The second-order valence-electron chi connectivity index (χ2n) is 2.21. The van der Waals surface area contributed by atoms with Crippen LogP contribution in [0.5, 0.6) is 0 Å². The summed E-state index contributed by atoms with van der Waals surface area (Å²) in [4.78, 5) is 19.2. The lowest BCUT2D eigenvalue weighted by Crippen LogP contribution is -1.88. The summed E-state index contributed by atoms with van der Waals surface area (Å²) in [6.07, 6.45) is 0. The molecule has 0 aliphatic heterocycles. The largest absolute Gasteiger partial charge is 0.469 e. The molecule has 0 bridgehead atoms. The van der Waals surface area contributed by atoms with Gasteiger partial charge in [-0.1, -0.05) is 0 Å². The molecule has 0 spiro atoms. The van der Waals surface area contributed by atoms with Gasteiger partial charge >= 0.3 is 11.9 Å². The van der Waals surface area contributed by atoms with Crippen molar-refractivity contribution in [1.82, 2.24) is 0 Å². The number of hydrogen-bond acceptors (Lipinski definition) is 6. The highest BCUT2D eigenvalue weighted by molar-refractivity contribution is 5.65. The highest BCUT2D eigenvalue weighted by atomic mass is 16.5. The fourth-order valence-corrected chi connectivity index (χ4v) is 0. The van der Waals surface area contributed by atoms with Crippen LogP contribution in [0.25, 0.3) is 0 Å². The van der Waals surface area contributed by atoms with Crippen molar-refractivity contribution in [2.75, 3.05) is 42.7 Å². The highest BCUT2D eigenvalue weighted by Crippen LogP contribution is 1.60. The summed E-state index contributed by atoms with van der Waals surface area (Å²) < 4.78 is 16.7. The van der Waals surface area contributed by atoms with Gasteiger partial charge < -0.3 is 18.9 Å². The SMILES string of the molecule is COC.COC.COC(C)=O.COC(C)=O. The Morgan fingerprint density at radius 2 is 0.688 bits per heavy atom. The molecule has 0 atom stereocenters. The molecule has 6 nitrogen and oxygen atoms in total. The fraction of sp³-hybridized carbons (Fsp3) is 0.800. The first-order valence-electron chi connectivity index (χ1n) is 4.27. The highest BCUT2D eigenvalue weighted by Gasteiger charge is 1.76. The van der Waals surface area contributed by atoms with Gasteiger partial charge in [0.2, 0.25) is 0 Å².